The molecule has 4 atom stereocenters. The normalized spacial score (nSPS) is 24.2. The number of carbonyl (C=O) groups excluding carboxylic acids is 3. The van der Waals surface area contributed by atoms with Gasteiger partial charge in [-0.25, -0.2) is 9.59 Å². The zero-order chi connectivity index (χ0) is 24.0. The van der Waals surface area contributed by atoms with E-state index in [4.69, 9.17) is 9.47 Å². The van der Waals surface area contributed by atoms with Crippen LogP contribution in [0.4, 0.5) is 10.5 Å². The van der Waals surface area contributed by atoms with Crippen LogP contribution in [0, 0.1) is 32.8 Å². The second kappa shape index (κ2) is 8.07. The number of nitro groups is 1. The molecular weight excluding hydrogens is 418 g/mol. The Hall–Kier alpha value is -3.17. The Morgan fingerprint density at radius 2 is 1.81 bits per heavy atom. The number of nitrogens with one attached hydrogen (secondary N) is 1. The van der Waals surface area contributed by atoms with Crippen LogP contribution in [0.2, 0.25) is 0 Å². The molecule has 2 amide bonds. The van der Waals surface area contributed by atoms with Gasteiger partial charge in [-0.2, -0.15) is 0 Å². The number of carbonyl (C=O) groups is 3. The summed E-state index contributed by atoms with van der Waals surface area (Å²) in [6.07, 6.45) is -0.869. The van der Waals surface area contributed by atoms with Crippen molar-refractivity contribution in [3.63, 3.8) is 0 Å². The molecule has 10 nitrogen and oxygen atoms in total. The molecule has 0 spiro atoms. The van der Waals surface area contributed by atoms with E-state index < -0.39 is 34.5 Å². The van der Waals surface area contributed by atoms with Crippen LogP contribution in [-0.4, -0.2) is 53.5 Å². The maximum absolute atomic E-state index is 13.5. The number of nitrogens with zero attached hydrogens (tertiary/aromatic N) is 2. The maximum atomic E-state index is 13.5. The molecular formula is C22H29N3O7. The molecule has 3 unspecified atom stereocenters. The van der Waals surface area contributed by atoms with Crippen LogP contribution in [0.1, 0.15) is 34.6 Å². The van der Waals surface area contributed by atoms with Crippen LogP contribution in [0.5, 0.6) is 5.75 Å². The highest BCUT2D eigenvalue weighted by atomic mass is 16.6. The minimum absolute atomic E-state index is 0.0200. The van der Waals surface area contributed by atoms with Gasteiger partial charge in [-0.05, 0) is 28.9 Å². The van der Waals surface area contributed by atoms with Crippen molar-refractivity contribution in [3.05, 3.63) is 34.4 Å². The van der Waals surface area contributed by atoms with Crippen LogP contribution < -0.4 is 10.1 Å². The van der Waals surface area contributed by atoms with Crippen molar-refractivity contribution in [2.24, 2.45) is 22.7 Å². The number of rotatable bonds is 5. The van der Waals surface area contributed by atoms with E-state index in [2.05, 4.69) is 19.2 Å². The molecule has 32 heavy (non-hydrogen) atoms. The van der Waals surface area contributed by atoms with Gasteiger partial charge in [0, 0.05) is 24.6 Å². The van der Waals surface area contributed by atoms with Crippen molar-refractivity contribution in [2.75, 3.05) is 13.7 Å². The quantitative estimate of drug-likeness (QED) is 0.417. The number of methoxy groups -OCH3 is 1. The highest BCUT2D eigenvalue weighted by Gasteiger charge is 2.70. The monoisotopic (exact) mass is 447 g/mol. The van der Waals surface area contributed by atoms with Crippen LogP contribution in [0.25, 0.3) is 0 Å². The van der Waals surface area contributed by atoms with Gasteiger partial charge in [-0.1, -0.05) is 34.6 Å². The Morgan fingerprint density at radius 1 is 1.22 bits per heavy atom. The van der Waals surface area contributed by atoms with Crippen molar-refractivity contribution in [1.82, 2.24) is 10.2 Å². The van der Waals surface area contributed by atoms with Crippen molar-refractivity contribution in [3.8, 4) is 5.75 Å². The molecule has 174 valence electrons. The number of amides is 2. The molecule has 1 aliphatic heterocycles. The van der Waals surface area contributed by atoms with Gasteiger partial charge in [0.15, 0.2) is 0 Å². The van der Waals surface area contributed by atoms with E-state index in [1.54, 1.807) is 20.8 Å². The maximum Gasteiger partial charge on any atom is 0.413 e. The van der Waals surface area contributed by atoms with E-state index in [0.717, 1.165) is 0 Å². The van der Waals surface area contributed by atoms with Crippen molar-refractivity contribution in [1.29, 1.82) is 0 Å². The van der Waals surface area contributed by atoms with E-state index >= 15 is 0 Å². The first-order chi connectivity index (χ1) is 14.8. The predicted molar refractivity (Wildman–Crippen MR) is 114 cm³/mol. The predicted octanol–water partition coefficient (Wildman–Crippen LogP) is 2.75. The van der Waals surface area contributed by atoms with Crippen molar-refractivity contribution < 1.29 is 28.8 Å². The fourth-order valence-corrected chi connectivity index (χ4v) is 4.61. The Labute approximate surface area is 186 Å². The Balaban J connectivity index is 1.75. The third-order valence-corrected chi connectivity index (χ3v) is 6.57. The Bertz CT molecular complexity index is 936. The Morgan fingerprint density at radius 3 is 2.31 bits per heavy atom. The van der Waals surface area contributed by atoms with Crippen LogP contribution >= 0.6 is 0 Å². The zero-order valence-corrected chi connectivity index (χ0v) is 19.1. The van der Waals surface area contributed by atoms with Gasteiger partial charge in [0.1, 0.15) is 17.8 Å². The molecule has 1 saturated carbocycles. The number of piperidine rings is 1. The molecule has 10 heteroatoms. The first kappa shape index (κ1) is 23.5. The number of non-ortho nitro benzene ring substituents is 1. The largest absolute Gasteiger partial charge is 0.467 e. The van der Waals surface area contributed by atoms with Gasteiger partial charge in [0.25, 0.3) is 5.69 Å². The van der Waals surface area contributed by atoms with Crippen LogP contribution in [-0.2, 0) is 14.3 Å². The number of ether oxygens (including phenoxy) is 2. The smallest absolute Gasteiger partial charge is 0.413 e. The number of hydrogen-bond donors (Lipinski definition) is 1. The lowest BCUT2D eigenvalue weighted by Crippen LogP contribution is -2.58. The average molecular weight is 447 g/mol. The first-order valence-electron chi connectivity index (χ1n) is 10.4. The van der Waals surface area contributed by atoms with E-state index in [1.807, 2.05) is 0 Å². The van der Waals surface area contributed by atoms with Gasteiger partial charge in [-0.15, -0.1) is 0 Å². The molecule has 0 radical (unpaired) electrons. The molecule has 1 aromatic carbocycles. The second-order valence-corrected chi connectivity index (χ2v) is 10.00. The molecule has 0 bridgehead atoms. The number of esters is 1. The molecule has 1 aliphatic carbocycles. The summed E-state index contributed by atoms with van der Waals surface area (Å²) in [5.41, 5.74) is -0.853. The average Bonchev–Trinajstić information content (AvgIpc) is 3.04. The van der Waals surface area contributed by atoms with Crippen molar-refractivity contribution >= 4 is 23.7 Å². The minimum atomic E-state index is -0.958. The number of nitro benzene ring substituents is 1. The summed E-state index contributed by atoms with van der Waals surface area (Å²) in [6, 6.07) is 3.39. The van der Waals surface area contributed by atoms with E-state index in [0.29, 0.717) is 6.54 Å². The second-order valence-electron chi connectivity index (χ2n) is 10.00. The topological polar surface area (TPSA) is 128 Å². The molecule has 1 heterocycles. The summed E-state index contributed by atoms with van der Waals surface area (Å²) in [7, 11) is 1.30. The van der Waals surface area contributed by atoms with Crippen molar-refractivity contribution in [2.45, 2.75) is 46.7 Å². The van der Waals surface area contributed by atoms with Crippen LogP contribution in [0.15, 0.2) is 24.3 Å². The molecule has 2 fully saturated rings. The van der Waals surface area contributed by atoms with Gasteiger partial charge in [0.05, 0.1) is 12.0 Å². The molecule has 1 aromatic rings. The summed E-state index contributed by atoms with van der Waals surface area (Å²) in [6.45, 7) is 9.96. The molecule has 2 aliphatic rings. The van der Waals surface area contributed by atoms with Gasteiger partial charge in [0.2, 0.25) is 5.91 Å². The highest BCUT2D eigenvalue weighted by molar-refractivity contribution is 5.91. The third-order valence-electron chi connectivity index (χ3n) is 6.57. The van der Waals surface area contributed by atoms with E-state index in [-0.39, 0.29) is 34.6 Å². The lowest BCUT2D eigenvalue weighted by molar-refractivity contribution is -0.384. The standard InChI is InChI=1S/C22H29N3O7/c1-21(2,3)17(23-20(28)32-13-9-7-12(8-10-13)25(29)30)18(26)24-11-14-15(22(14,4)5)16(24)19(27)31-6/h7-10,14-17H,11H2,1-6H3,(H,23,28)/t14?,15?,16-,17?/m0/s1. The van der Waals surface area contributed by atoms with Crippen LogP contribution in [0.3, 0.4) is 0 Å². The number of hydrogen-bond acceptors (Lipinski definition) is 7. The number of benzene rings is 1. The third kappa shape index (κ3) is 4.26. The van der Waals surface area contributed by atoms with Gasteiger partial charge in [-0.3, -0.25) is 14.9 Å². The Kier molecular flexibility index (Phi) is 5.92. The fraction of sp³-hybridized carbons (Fsp3) is 0.591. The zero-order valence-electron chi connectivity index (χ0n) is 19.1. The van der Waals surface area contributed by atoms with Gasteiger partial charge >= 0.3 is 12.1 Å². The van der Waals surface area contributed by atoms with Gasteiger partial charge < -0.3 is 19.7 Å². The van der Waals surface area contributed by atoms with E-state index in [9.17, 15) is 24.5 Å². The highest BCUT2D eigenvalue weighted by Crippen LogP contribution is 2.65. The fourth-order valence-electron chi connectivity index (χ4n) is 4.61. The SMILES string of the molecule is COC(=O)[C@@H]1C2C(CN1C(=O)C(NC(=O)Oc1ccc([N+](=O)[O-])cc1)C(C)(C)C)C2(C)C. The summed E-state index contributed by atoms with van der Waals surface area (Å²) in [5, 5.41) is 13.4. The first-order valence-corrected chi connectivity index (χ1v) is 10.4. The molecule has 0 aromatic heterocycles. The molecule has 1 N–H and O–H groups in total. The molecule has 1 saturated heterocycles. The number of likely N-dealkylation sites (tertiary alicyclic amines) is 1. The lowest BCUT2D eigenvalue weighted by atomic mass is 9.85. The minimum Gasteiger partial charge on any atom is -0.467 e. The summed E-state index contributed by atoms with van der Waals surface area (Å²) in [5.74, 6) is -0.520. The molecule has 3 rings (SSSR count). The summed E-state index contributed by atoms with van der Waals surface area (Å²) in [4.78, 5) is 50.2. The van der Waals surface area contributed by atoms with E-state index in [1.165, 1.54) is 36.3 Å². The summed E-state index contributed by atoms with van der Waals surface area (Å²) < 4.78 is 10.2. The summed E-state index contributed by atoms with van der Waals surface area (Å²) >= 11 is 0. The lowest BCUT2D eigenvalue weighted by Gasteiger charge is -2.36. The number of fused-ring (bicyclic) bond motifs is 1.